The molecule has 1 fully saturated rings. The molecule has 0 radical (unpaired) electrons. The molecule has 0 atom stereocenters. The second kappa shape index (κ2) is 10.7. The lowest BCUT2D eigenvalue weighted by Crippen LogP contribution is -2.27. The van der Waals surface area contributed by atoms with Crippen LogP contribution in [0.15, 0.2) is 24.5 Å². The molecule has 1 aliphatic rings. The van der Waals surface area contributed by atoms with Crippen molar-refractivity contribution >= 4 is 0 Å². The van der Waals surface area contributed by atoms with Gasteiger partial charge in [-0.05, 0) is 18.6 Å². The smallest absolute Gasteiger partial charge is 0.183 e. The molecule has 0 saturated carbocycles. The van der Waals surface area contributed by atoms with Crippen molar-refractivity contribution in [2.24, 2.45) is 5.92 Å². The van der Waals surface area contributed by atoms with Crippen LogP contribution in [-0.2, 0) is 9.47 Å². The summed E-state index contributed by atoms with van der Waals surface area (Å²) in [6.07, 6.45) is 15.6. The van der Waals surface area contributed by atoms with E-state index in [4.69, 9.17) is 9.47 Å². The zero-order valence-corrected chi connectivity index (χ0v) is 14.0. The third kappa shape index (κ3) is 6.45. The fraction of sp³-hybridized carbons (Fsp3) is 0.737. The number of nitrogens with zero attached hydrogens (tertiary/aromatic N) is 1. The van der Waals surface area contributed by atoms with E-state index in [1.54, 1.807) is 12.4 Å². The predicted molar refractivity (Wildman–Crippen MR) is 89.6 cm³/mol. The first-order chi connectivity index (χ1) is 10.9. The maximum absolute atomic E-state index is 5.85. The van der Waals surface area contributed by atoms with Gasteiger partial charge in [-0.1, -0.05) is 58.3 Å². The van der Waals surface area contributed by atoms with Crippen LogP contribution in [0.4, 0.5) is 0 Å². The summed E-state index contributed by atoms with van der Waals surface area (Å²) in [4.78, 5) is 4.03. The Hall–Kier alpha value is -0.930. The lowest BCUT2D eigenvalue weighted by Gasteiger charge is -2.29. The number of hydrogen-bond acceptors (Lipinski definition) is 3. The van der Waals surface area contributed by atoms with Crippen LogP contribution in [0, 0.1) is 5.92 Å². The summed E-state index contributed by atoms with van der Waals surface area (Å²) < 4.78 is 11.7. The molecule has 0 spiro atoms. The van der Waals surface area contributed by atoms with E-state index in [1.807, 2.05) is 12.1 Å². The minimum absolute atomic E-state index is 0.196. The Morgan fingerprint density at radius 2 is 1.50 bits per heavy atom. The molecule has 1 aromatic heterocycles. The lowest BCUT2D eigenvalue weighted by atomic mass is 10.0. The van der Waals surface area contributed by atoms with Crippen molar-refractivity contribution in [3.05, 3.63) is 30.1 Å². The van der Waals surface area contributed by atoms with Gasteiger partial charge in [-0.25, -0.2) is 0 Å². The lowest BCUT2D eigenvalue weighted by molar-refractivity contribution is -0.206. The summed E-state index contributed by atoms with van der Waals surface area (Å²) in [7, 11) is 0. The molecule has 1 aromatic rings. The van der Waals surface area contributed by atoms with Crippen LogP contribution < -0.4 is 0 Å². The Balaban J connectivity index is 1.49. The van der Waals surface area contributed by atoms with E-state index in [2.05, 4.69) is 11.9 Å². The zero-order chi connectivity index (χ0) is 15.5. The van der Waals surface area contributed by atoms with Crippen molar-refractivity contribution in [1.82, 2.24) is 4.98 Å². The molecular weight excluding hydrogens is 274 g/mol. The molecule has 124 valence electrons. The van der Waals surface area contributed by atoms with Crippen LogP contribution in [0.1, 0.15) is 76.6 Å². The average molecular weight is 305 g/mol. The van der Waals surface area contributed by atoms with Crippen LogP contribution in [0.5, 0.6) is 0 Å². The minimum Gasteiger partial charge on any atom is -0.348 e. The van der Waals surface area contributed by atoms with E-state index in [9.17, 15) is 0 Å². The number of ether oxygens (including phenoxy) is 2. The van der Waals surface area contributed by atoms with Gasteiger partial charge in [0.25, 0.3) is 0 Å². The van der Waals surface area contributed by atoms with Crippen LogP contribution in [0.2, 0.25) is 0 Å². The van der Waals surface area contributed by atoms with Gasteiger partial charge < -0.3 is 9.47 Å². The summed E-state index contributed by atoms with van der Waals surface area (Å²) in [6, 6.07) is 3.92. The second-order valence-electron chi connectivity index (χ2n) is 6.41. The largest absolute Gasteiger partial charge is 0.348 e. The molecule has 1 aliphatic heterocycles. The van der Waals surface area contributed by atoms with Gasteiger partial charge in [0.1, 0.15) is 0 Å². The first-order valence-corrected chi connectivity index (χ1v) is 9.03. The molecule has 0 aliphatic carbocycles. The van der Waals surface area contributed by atoms with Crippen molar-refractivity contribution in [3.63, 3.8) is 0 Å². The summed E-state index contributed by atoms with van der Waals surface area (Å²) in [5.41, 5.74) is 1.07. The van der Waals surface area contributed by atoms with E-state index in [-0.39, 0.29) is 6.29 Å². The van der Waals surface area contributed by atoms with Crippen LogP contribution in [0.25, 0.3) is 0 Å². The van der Waals surface area contributed by atoms with Gasteiger partial charge >= 0.3 is 0 Å². The average Bonchev–Trinajstić information content (AvgIpc) is 2.59. The molecule has 0 bridgehead atoms. The van der Waals surface area contributed by atoms with Gasteiger partial charge in [0.15, 0.2) is 6.29 Å². The number of aromatic nitrogens is 1. The number of rotatable bonds is 10. The first-order valence-electron chi connectivity index (χ1n) is 9.03. The van der Waals surface area contributed by atoms with Crippen molar-refractivity contribution in [1.29, 1.82) is 0 Å². The second-order valence-corrected chi connectivity index (χ2v) is 6.41. The first kappa shape index (κ1) is 17.4. The Morgan fingerprint density at radius 1 is 0.909 bits per heavy atom. The molecule has 0 unspecified atom stereocenters. The zero-order valence-electron chi connectivity index (χ0n) is 14.0. The number of hydrogen-bond donors (Lipinski definition) is 0. The van der Waals surface area contributed by atoms with Gasteiger partial charge in [-0.3, -0.25) is 4.98 Å². The van der Waals surface area contributed by atoms with Crippen LogP contribution in [-0.4, -0.2) is 18.2 Å². The monoisotopic (exact) mass is 305 g/mol. The van der Waals surface area contributed by atoms with Crippen LogP contribution in [0.3, 0.4) is 0 Å². The predicted octanol–water partition coefficient (Wildman–Crippen LogP) is 5.27. The van der Waals surface area contributed by atoms with E-state index in [0.717, 1.165) is 18.8 Å². The topological polar surface area (TPSA) is 31.4 Å². The van der Waals surface area contributed by atoms with Crippen LogP contribution >= 0.6 is 0 Å². The molecular formula is C19H31NO2. The summed E-state index contributed by atoms with van der Waals surface area (Å²) in [5, 5.41) is 0. The summed E-state index contributed by atoms with van der Waals surface area (Å²) in [6.45, 7) is 3.92. The van der Waals surface area contributed by atoms with E-state index >= 15 is 0 Å². The fourth-order valence-electron chi connectivity index (χ4n) is 2.99. The fourth-order valence-corrected chi connectivity index (χ4v) is 2.99. The van der Waals surface area contributed by atoms with Crippen molar-refractivity contribution in [2.75, 3.05) is 13.2 Å². The van der Waals surface area contributed by atoms with Crippen molar-refractivity contribution in [3.8, 4) is 0 Å². The maximum Gasteiger partial charge on any atom is 0.183 e. The third-order valence-corrected chi connectivity index (χ3v) is 4.41. The Labute approximate surface area is 135 Å². The van der Waals surface area contributed by atoms with E-state index in [0.29, 0.717) is 5.92 Å². The quantitative estimate of drug-likeness (QED) is 0.551. The summed E-state index contributed by atoms with van der Waals surface area (Å²) >= 11 is 0. The Kier molecular flexibility index (Phi) is 8.51. The minimum atomic E-state index is -0.196. The molecule has 1 saturated heterocycles. The molecule has 0 aromatic carbocycles. The van der Waals surface area contributed by atoms with Crippen molar-refractivity contribution < 1.29 is 9.47 Å². The molecule has 3 nitrogen and oxygen atoms in total. The molecule has 3 heteroatoms. The third-order valence-electron chi connectivity index (χ3n) is 4.41. The van der Waals surface area contributed by atoms with E-state index in [1.165, 1.54) is 57.8 Å². The molecule has 0 amide bonds. The highest BCUT2D eigenvalue weighted by molar-refractivity contribution is 5.11. The Bertz CT molecular complexity index is 374. The van der Waals surface area contributed by atoms with Gasteiger partial charge in [-0.15, -0.1) is 0 Å². The van der Waals surface area contributed by atoms with E-state index < -0.39 is 0 Å². The standard InChI is InChI=1S/C19H31NO2/c1-2-3-4-5-6-7-8-9-10-17-15-21-19(22-16-17)18-11-13-20-14-12-18/h11-14,17,19H,2-10,15-16H2,1H3. The van der Waals surface area contributed by atoms with Gasteiger partial charge in [0, 0.05) is 23.9 Å². The van der Waals surface area contributed by atoms with Gasteiger partial charge in [0.2, 0.25) is 0 Å². The SMILES string of the molecule is CCCCCCCCCCC1COC(c2ccncc2)OC1. The molecule has 2 rings (SSSR count). The highest BCUT2D eigenvalue weighted by atomic mass is 16.7. The normalized spacial score (nSPS) is 21.9. The van der Waals surface area contributed by atoms with Crippen molar-refractivity contribution in [2.45, 2.75) is 71.0 Å². The summed E-state index contributed by atoms with van der Waals surface area (Å²) in [5.74, 6) is 0.568. The number of pyridine rings is 1. The maximum atomic E-state index is 5.85. The Morgan fingerprint density at radius 3 is 2.14 bits per heavy atom. The highest BCUT2D eigenvalue weighted by Crippen LogP contribution is 2.26. The highest BCUT2D eigenvalue weighted by Gasteiger charge is 2.22. The number of unbranched alkanes of at least 4 members (excludes halogenated alkanes) is 7. The van der Waals surface area contributed by atoms with Gasteiger partial charge in [-0.2, -0.15) is 0 Å². The molecule has 2 heterocycles. The molecule has 0 N–H and O–H groups in total. The molecule has 22 heavy (non-hydrogen) atoms. The van der Waals surface area contributed by atoms with Gasteiger partial charge in [0.05, 0.1) is 13.2 Å².